The maximum atomic E-state index is 13.4. The summed E-state index contributed by atoms with van der Waals surface area (Å²) in [5.74, 6) is 1.06. The number of halogens is 1. The average molecular weight is 315 g/mol. The average Bonchev–Trinajstić information content (AvgIpc) is 2.75. The Labute approximate surface area is 123 Å². The van der Waals surface area contributed by atoms with Crippen molar-refractivity contribution < 1.29 is 12.8 Å². The minimum Gasteiger partial charge on any atom is -0.309 e. The fourth-order valence-corrected chi connectivity index (χ4v) is 5.82. The van der Waals surface area contributed by atoms with Gasteiger partial charge in [-0.3, -0.25) is 0 Å². The minimum absolute atomic E-state index is 0.0674. The molecule has 0 bridgehead atoms. The van der Waals surface area contributed by atoms with Crippen LogP contribution >= 0.6 is 11.8 Å². The van der Waals surface area contributed by atoms with Gasteiger partial charge in [-0.05, 0) is 48.8 Å². The van der Waals surface area contributed by atoms with Crippen molar-refractivity contribution in [3.05, 3.63) is 29.6 Å². The molecular weight excluding hydrogens is 297 g/mol. The first-order chi connectivity index (χ1) is 9.56. The number of thioether (sulfide) groups is 1. The minimum atomic E-state index is -2.92. The molecule has 0 saturated carbocycles. The van der Waals surface area contributed by atoms with Crippen molar-refractivity contribution in [2.24, 2.45) is 0 Å². The van der Waals surface area contributed by atoms with E-state index < -0.39 is 9.84 Å². The van der Waals surface area contributed by atoms with E-state index in [1.165, 1.54) is 6.07 Å². The van der Waals surface area contributed by atoms with Crippen molar-refractivity contribution in [2.75, 3.05) is 18.1 Å². The Morgan fingerprint density at radius 3 is 2.95 bits per heavy atom. The Bertz CT molecular complexity index is 603. The van der Waals surface area contributed by atoms with Gasteiger partial charge in [-0.1, -0.05) is 0 Å². The van der Waals surface area contributed by atoms with Gasteiger partial charge in [0.1, 0.15) is 5.82 Å². The van der Waals surface area contributed by atoms with E-state index in [4.69, 9.17) is 0 Å². The van der Waals surface area contributed by atoms with Gasteiger partial charge in [0.05, 0.1) is 11.0 Å². The SMILES string of the molecule is O=S1(=O)CCC[C@@H]1CN[C@H]1CCSc2ccc(F)cc21. The van der Waals surface area contributed by atoms with Crippen LogP contribution in [0.3, 0.4) is 0 Å². The molecule has 1 aromatic rings. The van der Waals surface area contributed by atoms with Crippen LogP contribution in [0.5, 0.6) is 0 Å². The number of benzene rings is 1. The Balaban J connectivity index is 1.72. The van der Waals surface area contributed by atoms with Crippen LogP contribution in [0.15, 0.2) is 23.1 Å². The normalized spacial score (nSPS) is 28.2. The van der Waals surface area contributed by atoms with Crippen molar-refractivity contribution in [1.82, 2.24) is 5.32 Å². The highest BCUT2D eigenvalue weighted by Crippen LogP contribution is 2.36. The zero-order valence-electron chi connectivity index (χ0n) is 11.1. The van der Waals surface area contributed by atoms with Gasteiger partial charge in [-0.15, -0.1) is 11.8 Å². The van der Waals surface area contributed by atoms with Gasteiger partial charge in [0.15, 0.2) is 9.84 Å². The van der Waals surface area contributed by atoms with Crippen LogP contribution < -0.4 is 5.32 Å². The lowest BCUT2D eigenvalue weighted by Gasteiger charge is -2.27. The van der Waals surface area contributed by atoms with Crippen LogP contribution in [-0.4, -0.2) is 31.7 Å². The van der Waals surface area contributed by atoms with Crippen molar-refractivity contribution in [3.63, 3.8) is 0 Å². The highest BCUT2D eigenvalue weighted by Gasteiger charge is 2.32. The zero-order valence-corrected chi connectivity index (χ0v) is 12.8. The molecule has 0 radical (unpaired) electrons. The number of sulfone groups is 1. The first-order valence-electron chi connectivity index (χ1n) is 6.93. The molecule has 1 saturated heterocycles. The number of rotatable bonds is 3. The van der Waals surface area contributed by atoms with Crippen LogP contribution in [-0.2, 0) is 9.84 Å². The summed E-state index contributed by atoms with van der Waals surface area (Å²) in [6.45, 7) is 0.480. The van der Waals surface area contributed by atoms with Gasteiger partial charge in [0.2, 0.25) is 0 Å². The lowest BCUT2D eigenvalue weighted by Crippen LogP contribution is -2.34. The fraction of sp³-hybridized carbons (Fsp3) is 0.571. The first-order valence-corrected chi connectivity index (χ1v) is 9.63. The number of hydrogen-bond donors (Lipinski definition) is 1. The summed E-state index contributed by atoms with van der Waals surface area (Å²) in [7, 11) is -2.92. The molecule has 2 atom stereocenters. The molecule has 2 aliphatic rings. The van der Waals surface area contributed by atoms with E-state index in [1.807, 2.05) is 6.07 Å². The fourth-order valence-electron chi connectivity index (χ4n) is 2.94. The number of nitrogens with one attached hydrogen (secondary N) is 1. The van der Waals surface area contributed by atoms with Crippen LogP contribution in [0.2, 0.25) is 0 Å². The van der Waals surface area contributed by atoms with E-state index in [0.29, 0.717) is 12.3 Å². The van der Waals surface area contributed by atoms with Gasteiger partial charge in [0.25, 0.3) is 0 Å². The van der Waals surface area contributed by atoms with E-state index in [2.05, 4.69) is 5.32 Å². The third kappa shape index (κ3) is 2.87. The van der Waals surface area contributed by atoms with Crippen molar-refractivity contribution in [2.45, 2.75) is 35.4 Å². The summed E-state index contributed by atoms with van der Waals surface area (Å²) < 4.78 is 37.1. The summed E-state index contributed by atoms with van der Waals surface area (Å²) >= 11 is 1.73. The van der Waals surface area contributed by atoms with E-state index in [-0.39, 0.29) is 17.1 Å². The zero-order chi connectivity index (χ0) is 14.2. The van der Waals surface area contributed by atoms with Gasteiger partial charge in [0, 0.05) is 17.5 Å². The van der Waals surface area contributed by atoms with Gasteiger partial charge >= 0.3 is 0 Å². The molecular formula is C14H18FNO2S2. The second-order valence-corrected chi connectivity index (χ2v) is 8.95. The summed E-state index contributed by atoms with van der Waals surface area (Å²) in [5.41, 5.74) is 0.969. The molecule has 0 aromatic heterocycles. The van der Waals surface area contributed by atoms with Crippen LogP contribution in [0.4, 0.5) is 4.39 Å². The summed E-state index contributed by atoms with van der Waals surface area (Å²) in [6.07, 6.45) is 2.42. The molecule has 2 aliphatic heterocycles. The van der Waals surface area contributed by atoms with Crippen LogP contribution in [0.25, 0.3) is 0 Å². The maximum absolute atomic E-state index is 13.4. The molecule has 0 spiro atoms. The molecule has 6 heteroatoms. The standard InChI is InChI=1S/C14H18FNO2S2/c15-10-3-4-14-12(8-10)13(5-6-19-14)16-9-11-2-1-7-20(11,17)18/h3-4,8,11,13,16H,1-2,5-7,9H2/t11-,13+/m1/s1. The van der Waals surface area contributed by atoms with Crippen molar-refractivity contribution in [1.29, 1.82) is 0 Å². The van der Waals surface area contributed by atoms with Crippen LogP contribution in [0, 0.1) is 5.82 Å². The molecule has 3 nitrogen and oxygen atoms in total. The van der Waals surface area contributed by atoms with Gasteiger partial charge < -0.3 is 5.32 Å². The quantitative estimate of drug-likeness (QED) is 0.931. The Hall–Kier alpha value is -0.590. The summed E-state index contributed by atoms with van der Waals surface area (Å²) in [5, 5.41) is 3.07. The Morgan fingerprint density at radius 2 is 2.20 bits per heavy atom. The monoisotopic (exact) mass is 315 g/mol. The van der Waals surface area contributed by atoms with E-state index in [1.54, 1.807) is 17.8 Å². The largest absolute Gasteiger partial charge is 0.309 e. The van der Waals surface area contributed by atoms with Crippen molar-refractivity contribution in [3.8, 4) is 0 Å². The molecule has 0 unspecified atom stereocenters. The topological polar surface area (TPSA) is 46.2 Å². The second-order valence-electron chi connectivity index (χ2n) is 5.41. The highest BCUT2D eigenvalue weighted by atomic mass is 32.2. The maximum Gasteiger partial charge on any atom is 0.154 e. The lowest BCUT2D eigenvalue weighted by molar-refractivity contribution is 0.491. The predicted molar refractivity (Wildman–Crippen MR) is 79.3 cm³/mol. The number of fused-ring (bicyclic) bond motifs is 1. The van der Waals surface area contributed by atoms with E-state index >= 15 is 0 Å². The van der Waals surface area contributed by atoms with E-state index in [0.717, 1.165) is 35.5 Å². The smallest absolute Gasteiger partial charge is 0.154 e. The highest BCUT2D eigenvalue weighted by molar-refractivity contribution is 7.99. The second kappa shape index (κ2) is 5.66. The molecule has 1 fully saturated rings. The first kappa shape index (κ1) is 14.4. The molecule has 0 amide bonds. The molecule has 1 N–H and O–H groups in total. The predicted octanol–water partition coefficient (Wildman–Crippen LogP) is 2.53. The van der Waals surface area contributed by atoms with Gasteiger partial charge in [-0.2, -0.15) is 0 Å². The lowest BCUT2D eigenvalue weighted by atomic mass is 10.0. The van der Waals surface area contributed by atoms with Gasteiger partial charge in [-0.25, -0.2) is 12.8 Å². The number of hydrogen-bond acceptors (Lipinski definition) is 4. The Morgan fingerprint density at radius 1 is 1.35 bits per heavy atom. The molecule has 2 heterocycles. The molecule has 0 aliphatic carbocycles. The molecule has 110 valence electrons. The third-order valence-corrected chi connectivity index (χ3v) is 7.46. The van der Waals surface area contributed by atoms with Crippen LogP contribution in [0.1, 0.15) is 30.9 Å². The summed E-state index contributed by atoms with van der Waals surface area (Å²) in [6, 6.07) is 4.94. The third-order valence-electron chi connectivity index (χ3n) is 4.07. The molecule has 3 rings (SSSR count). The summed E-state index contributed by atoms with van der Waals surface area (Å²) in [4.78, 5) is 1.10. The van der Waals surface area contributed by atoms with Crippen molar-refractivity contribution >= 4 is 21.6 Å². The molecule has 1 aromatic carbocycles. The Kier molecular flexibility index (Phi) is 4.06. The molecule has 20 heavy (non-hydrogen) atoms. The van der Waals surface area contributed by atoms with E-state index in [9.17, 15) is 12.8 Å².